The van der Waals surface area contributed by atoms with E-state index < -0.39 is 0 Å². The zero-order chi connectivity index (χ0) is 18.8. The predicted molar refractivity (Wildman–Crippen MR) is 112 cm³/mol. The zero-order valence-corrected chi connectivity index (χ0v) is 16.4. The van der Waals surface area contributed by atoms with E-state index in [1.54, 1.807) is 27.6 Å². The maximum Gasteiger partial charge on any atom is 0.295 e. The minimum absolute atomic E-state index is 0.190. The molecule has 134 valence electrons. The number of aromatic nitrogens is 2. The van der Waals surface area contributed by atoms with Crippen LogP contribution in [0.3, 0.4) is 0 Å². The molecule has 1 aromatic heterocycles. The minimum Gasteiger partial charge on any atom is -0.332 e. The SMILES string of the molecule is Cc1c(NC(=S)Nc2cc(Cl)cc(Cl)c2)c(=O)n(-c2ccccc2)n1C. The van der Waals surface area contributed by atoms with Gasteiger partial charge >= 0.3 is 0 Å². The van der Waals surface area contributed by atoms with Crippen molar-refractivity contribution in [3.8, 4) is 5.69 Å². The van der Waals surface area contributed by atoms with Crippen LogP contribution in [0.4, 0.5) is 11.4 Å². The molecule has 0 amide bonds. The normalized spacial score (nSPS) is 10.6. The lowest BCUT2D eigenvalue weighted by Gasteiger charge is -2.10. The molecule has 0 aliphatic heterocycles. The van der Waals surface area contributed by atoms with Crippen LogP contribution in [0.15, 0.2) is 53.3 Å². The first-order valence-electron chi connectivity index (χ1n) is 7.75. The number of nitrogens with one attached hydrogen (secondary N) is 2. The lowest BCUT2D eigenvalue weighted by molar-refractivity contribution is 0.630. The topological polar surface area (TPSA) is 51.0 Å². The molecular formula is C18H16Cl2N4OS. The van der Waals surface area contributed by atoms with Crippen LogP contribution in [-0.2, 0) is 7.05 Å². The van der Waals surface area contributed by atoms with E-state index in [4.69, 9.17) is 35.4 Å². The Bertz CT molecular complexity index is 1010. The van der Waals surface area contributed by atoms with Crippen LogP contribution < -0.4 is 16.2 Å². The standard InChI is InChI=1S/C18H16Cl2N4OS/c1-11-16(17(25)24(23(11)2)15-6-4-3-5-7-15)22-18(26)21-14-9-12(19)8-13(20)10-14/h3-10H,1-2H3,(H2,21,22,26). The molecule has 8 heteroatoms. The van der Waals surface area contributed by atoms with Crippen LogP contribution in [0.2, 0.25) is 10.0 Å². The lowest BCUT2D eigenvalue weighted by Crippen LogP contribution is -2.25. The molecule has 0 saturated carbocycles. The first-order valence-corrected chi connectivity index (χ1v) is 8.91. The molecule has 0 unspecified atom stereocenters. The summed E-state index contributed by atoms with van der Waals surface area (Å²) in [5.41, 5.74) is 2.38. The first kappa shape index (κ1) is 18.5. The summed E-state index contributed by atoms with van der Waals surface area (Å²) in [5.74, 6) is 0. The summed E-state index contributed by atoms with van der Waals surface area (Å²) in [7, 11) is 1.82. The van der Waals surface area contributed by atoms with Gasteiger partial charge in [0.1, 0.15) is 5.69 Å². The molecule has 2 N–H and O–H groups in total. The van der Waals surface area contributed by atoms with Crippen molar-refractivity contribution in [2.75, 3.05) is 10.6 Å². The molecule has 5 nitrogen and oxygen atoms in total. The third kappa shape index (κ3) is 3.77. The van der Waals surface area contributed by atoms with Crippen molar-refractivity contribution >= 4 is 51.9 Å². The monoisotopic (exact) mass is 406 g/mol. The Balaban J connectivity index is 1.88. The van der Waals surface area contributed by atoms with E-state index >= 15 is 0 Å². The Kier molecular flexibility index (Phi) is 5.36. The molecule has 0 spiro atoms. The fourth-order valence-corrected chi connectivity index (χ4v) is 3.36. The smallest absolute Gasteiger partial charge is 0.295 e. The Labute approximate surface area is 166 Å². The summed E-state index contributed by atoms with van der Waals surface area (Å²) >= 11 is 17.3. The highest BCUT2D eigenvalue weighted by Crippen LogP contribution is 2.23. The van der Waals surface area contributed by atoms with Gasteiger partial charge in [0.25, 0.3) is 5.56 Å². The molecule has 0 bridgehead atoms. The second-order valence-electron chi connectivity index (χ2n) is 5.67. The number of halogens is 2. The molecule has 0 aliphatic carbocycles. The molecule has 0 fully saturated rings. The van der Waals surface area contributed by atoms with Crippen molar-refractivity contribution in [3.05, 3.63) is 74.6 Å². The molecule has 3 rings (SSSR count). The number of thiocarbonyl (C=S) groups is 1. The van der Waals surface area contributed by atoms with Crippen LogP contribution in [-0.4, -0.2) is 14.5 Å². The fraction of sp³-hybridized carbons (Fsp3) is 0.111. The number of rotatable bonds is 3. The Morgan fingerprint density at radius 3 is 2.27 bits per heavy atom. The van der Waals surface area contributed by atoms with Crippen LogP contribution in [0.5, 0.6) is 0 Å². The largest absolute Gasteiger partial charge is 0.332 e. The van der Waals surface area contributed by atoms with Gasteiger partial charge in [-0.05, 0) is 49.5 Å². The Morgan fingerprint density at radius 1 is 1.04 bits per heavy atom. The highest BCUT2D eigenvalue weighted by atomic mass is 35.5. The molecule has 0 radical (unpaired) electrons. The summed E-state index contributed by atoms with van der Waals surface area (Å²) in [6.07, 6.45) is 0. The second-order valence-corrected chi connectivity index (χ2v) is 6.95. The van der Waals surface area contributed by atoms with Crippen molar-refractivity contribution in [2.45, 2.75) is 6.92 Å². The maximum atomic E-state index is 12.9. The van der Waals surface area contributed by atoms with Crippen molar-refractivity contribution in [2.24, 2.45) is 7.05 Å². The molecule has 1 heterocycles. The van der Waals surface area contributed by atoms with Crippen LogP contribution in [0.25, 0.3) is 5.69 Å². The molecule has 0 atom stereocenters. The van der Waals surface area contributed by atoms with Crippen LogP contribution >= 0.6 is 35.4 Å². The third-order valence-electron chi connectivity index (χ3n) is 3.91. The van der Waals surface area contributed by atoms with E-state index in [1.165, 1.54) is 0 Å². The third-order valence-corrected chi connectivity index (χ3v) is 4.55. The minimum atomic E-state index is -0.190. The van der Waals surface area contributed by atoms with Gasteiger partial charge in [0.15, 0.2) is 5.11 Å². The molecule has 26 heavy (non-hydrogen) atoms. The van der Waals surface area contributed by atoms with Gasteiger partial charge in [-0.25, -0.2) is 4.68 Å². The summed E-state index contributed by atoms with van der Waals surface area (Å²) < 4.78 is 3.36. The van der Waals surface area contributed by atoms with Gasteiger partial charge < -0.3 is 10.6 Å². The summed E-state index contributed by atoms with van der Waals surface area (Å²) in [6, 6.07) is 14.4. The van der Waals surface area contributed by atoms with Crippen LogP contribution in [0.1, 0.15) is 5.69 Å². The maximum absolute atomic E-state index is 12.9. The van der Waals surface area contributed by atoms with Gasteiger partial charge in [-0.3, -0.25) is 9.48 Å². The fourth-order valence-electron chi connectivity index (χ4n) is 2.61. The van der Waals surface area contributed by atoms with Crippen molar-refractivity contribution in [3.63, 3.8) is 0 Å². The van der Waals surface area contributed by atoms with Gasteiger partial charge in [-0.1, -0.05) is 41.4 Å². The van der Waals surface area contributed by atoms with Crippen LogP contribution in [0, 0.1) is 6.92 Å². The zero-order valence-electron chi connectivity index (χ0n) is 14.1. The van der Waals surface area contributed by atoms with Gasteiger partial charge in [0.2, 0.25) is 0 Å². The number of anilines is 2. The number of hydrogen-bond donors (Lipinski definition) is 2. The van der Waals surface area contributed by atoms with E-state index in [2.05, 4.69) is 10.6 Å². The van der Waals surface area contributed by atoms with E-state index in [0.717, 1.165) is 11.4 Å². The van der Waals surface area contributed by atoms with E-state index in [1.807, 2.05) is 44.3 Å². The average Bonchev–Trinajstić information content (AvgIpc) is 2.78. The van der Waals surface area contributed by atoms with E-state index in [-0.39, 0.29) is 10.7 Å². The molecule has 0 saturated heterocycles. The predicted octanol–water partition coefficient (Wildman–Crippen LogP) is 4.60. The molecule has 2 aromatic carbocycles. The quantitative estimate of drug-likeness (QED) is 0.623. The Morgan fingerprint density at radius 2 is 1.65 bits per heavy atom. The van der Waals surface area contributed by atoms with Crippen molar-refractivity contribution in [1.82, 2.24) is 9.36 Å². The highest BCUT2D eigenvalue weighted by Gasteiger charge is 2.17. The van der Waals surface area contributed by atoms with E-state index in [9.17, 15) is 4.79 Å². The number of hydrogen-bond acceptors (Lipinski definition) is 2. The van der Waals surface area contributed by atoms with E-state index in [0.29, 0.717) is 21.4 Å². The number of nitrogens with zero attached hydrogens (tertiary/aromatic N) is 2. The van der Waals surface area contributed by atoms with Crippen molar-refractivity contribution in [1.29, 1.82) is 0 Å². The average molecular weight is 407 g/mol. The van der Waals surface area contributed by atoms with Gasteiger partial charge in [-0.15, -0.1) is 0 Å². The summed E-state index contributed by atoms with van der Waals surface area (Å²) in [5, 5.41) is 7.22. The summed E-state index contributed by atoms with van der Waals surface area (Å²) in [6.45, 7) is 1.85. The number of para-hydroxylation sites is 1. The molecule has 0 aliphatic rings. The first-order chi connectivity index (χ1) is 12.4. The molecular weight excluding hydrogens is 391 g/mol. The van der Waals surface area contributed by atoms with Gasteiger partial charge in [0.05, 0.1) is 11.4 Å². The van der Waals surface area contributed by atoms with Crippen molar-refractivity contribution < 1.29 is 0 Å². The number of benzene rings is 2. The summed E-state index contributed by atoms with van der Waals surface area (Å²) in [4.78, 5) is 12.9. The highest BCUT2D eigenvalue weighted by molar-refractivity contribution is 7.80. The van der Waals surface area contributed by atoms with Gasteiger partial charge in [-0.2, -0.15) is 0 Å². The van der Waals surface area contributed by atoms with Gasteiger partial charge in [0, 0.05) is 22.8 Å². The Hall–Kier alpha value is -2.28. The lowest BCUT2D eigenvalue weighted by atomic mass is 10.3. The molecule has 3 aromatic rings. The second kappa shape index (κ2) is 7.53.